The van der Waals surface area contributed by atoms with Crippen molar-refractivity contribution in [2.24, 2.45) is 0 Å². The summed E-state index contributed by atoms with van der Waals surface area (Å²) in [6, 6.07) is 0. The molecular weight excluding hydrogens is 111 g/mol. The molecule has 7 heavy (non-hydrogen) atoms. The predicted molar refractivity (Wildman–Crippen MR) is 24.4 cm³/mol. The Morgan fingerprint density at radius 1 is 1.57 bits per heavy atom. The molecule has 1 radical (unpaired) electrons. The number of carboxylic acids is 1. The van der Waals surface area contributed by atoms with E-state index in [-0.39, 0.29) is 11.1 Å². The van der Waals surface area contributed by atoms with E-state index in [1.54, 1.807) is 0 Å². The standard InChI is InChI=1S/C3H3O3.Al.H/c4-2-1-3(5)6;;/h1H2,(H,5,6);;. The highest BCUT2D eigenvalue weighted by Gasteiger charge is 1.97. The molecule has 4 heteroatoms. The third-order valence-corrected chi connectivity index (χ3v) is 0.598. The van der Waals surface area contributed by atoms with Crippen molar-refractivity contribution in [1.29, 1.82) is 0 Å². The largest absolute Gasteiger partial charge is 0.481 e. The summed E-state index contributed by atoms with van der Waals surface area (Å²) < 4.78 is -0.285. The molecule has 0 aromatic carbocycles. The highest BCUT2D eigenvalue weighted by Crippen LogP contribution is 1.73. The maximum atomic E-state index is 9.89. The average Bonchev–Trinajstić information content (AvgIpc) is 1.27. The van der Waals surface area contributed by atoms with Gasteiger partial charge in [-0.05, 0) is 0 Å². The SMILES string of the molecule is O=C(O)C[C](=O)[AlH]. The van der Waals surface area contributed by atoms with E-state index in [1.807, 2.05) is 0 Å². The predicted octanol–water partition coefficient (Wildman–Crippen LogP) is -1.11. The number of rotatable bonds is 2. The van der Waals surface area contributed by atoms with Gasteiger partial charge in [0.1, 0.15) is 0 Å². The molecule has 37 valence electrons. The van der Waals surface area contributed by atoms with E-state index in [9.17, 15) is 9.59 Å². The normalized spacial score (nSPS) is 8.00. The zero-order valence-corrected chi connectivity index (χ0v) is 5.09. The summed E-state index contributed by atoms with van der Waals surface area (Å²) >= 11 is 1.06. The fourth-order valence-corrected chi connectivity index (χ4v) is 0.383. The van der Waals surface area contributed by atoms with E-state index in [0.717, 1.165) is 16.3 Å². The summed E-state index contributed by atoms with van der Waals surface area (Å²) in [6.45, 7) is 0. The van der Waals surface area contributed by atoms with E-state index >= 15 is 0 Å². The molecule has 0 atom stereocenters. The second-order valence-electron chi connectivity index (χ2n) is 1.11. The molecule has 0 saturated heterocycles. The fourth-order valence-electron chi connectivity index (χ4n) is 0.169. The van der Waals surface area contributed by atoms with E-state index in [4.69, 9.17) is 5.11 Å². The highest BCUT2D eigenvalue weighted by atomic mass is 27.0. The van der Waals surface area contributed by atoms with Crippen LogP contribution in [0.1, 0.15) is 6.42 Å². The van der Waals surface area contributed by atoms with Crippen LogP contribution in [0.25, 0.3) is 0 Å². The second-order valence-corrected chi connectivity index (χ2v) is 1.90. The van der Waals surface area contributed by atoms with Crippen molar-refractivity contribution in [3.8, 4) is 0 Å². The Balaban J connectivity index is 3.32. The van der Waals surface area contributed by atoms with Crippen LogP contribution >= 0.6 is 0 Å². The van der Waals surface area contributed by atoms with E-state index in [0.29, 0.717) is 0 Å². The van der Waals surface area contributed by atoms with Gasteiger partial charge in [0.15, 0.2) is 0 Å². The first-order chi connectivity index (χ1) is 3.13. The van der Waals surface area contributed by atoms with Gasteiger partial charge in [-0.2, -0.15) is 0 Å². The monoisotopic (exact) mass is 115 g/mol. The second kappa shape index (κ2) is 2.78. The summed E-state index contributed by atoms with van der Waals surface area (Å²) in [5, 5.41) is 7.87. The van der Waals surface area contributed by atoms with Crippen LogP contribution in [-0.2, 0) is 9.59 Å². The Labute approximate surface area is 48.7 Å². The molecule has 3 nitrogen and oxygen atoms in total. The molecule has 0 bridgehead atoms. The van der Waals surface area contributed by atoms with Gasteiger partial charge in [0.25, 0.3) is 16.3 Å². The van der Waals surface area contributed by atoms with Crippen LogP contribution in [0.4, 0.5) is 0 Å². The van der Waals surface area contributed by atoms with Crippen LogP contribution < -0.4 is 0 Å². The Morgan fingerprint density at radius 3 is 2.00 bits per heavy atom. The van der Waals surface area contributed by atoms with Crippen molar-refractivity contribution in [1.82, 2.24) is 0 Å². The van der Waals surface area contributed by atoms with Crippen LogP contribution in [0.15, 0.2) is 0 Å². The van der Waals surface area contributed by atoms with Crippen molar-refractivity contribution in [3.63, 3.8) is 0 Å². The van der Waals surface area contributed by atoms with Crippen LogP contribution in [0, 0.1) is 0 Å². The molecule has 0 aromatic heterocycles. The molecule has 0 spiro atoms. The quantitative estimate of drug-likeness (QED) is 0.366. The lowest BCUT2D eigenvalue weighted by molar-refractivity contribution is -0.138. The number of carboxylic acid groups (broad SMARTS) is 1. The molecule has 0 heterocycles. The first-order valence-electron chi connectivity index (χ1n) is 1.69. The van der Waals surface area contributed by atoms with Gasteiger partial charge in [0.2, 0.25) is 0 Å². The van der Waals surface area contributed by atoms with Crippen LogP contribution in [-0.4, -0.2) is 32.0 Å². The lowest BCUT2D eigenvalue weighted by Gasteiger charge is -1.81. The number of hydrogen-bond donors (Lipinski definition) is 1. The van der Waals surface area contributed by atoms with E-state index in [1.165, 1.54) is 0 Å². The van der Waals surface area contributed by atoms with Crippen LogP contribution in [0.3, 0.4) is 0 Å². The Bertz CT molecular complexity index is 86.4. The maximum Gasteiger partial charge on any atom is 0.309 e. The topological polar surface area (TPSA) is 54.4 Å². The third kappa shape index (κ3) is 5.67. The van der Waals surface area contributed by atoms with Crippen molar-refractivity contribution in [2.45, 2.75) is 6.42 Å². The van der Waals surface area contributed by atoms with Crippen molar-refractivity contribution >= 4 is 26.9 Å². The molecule has 0 unspecified atom stereocenters. The minimum atomic E-state index is -1.06. The average molecular weight is 115 g/mol. The van der Waals surface area contributed by atoms with Crippen molar-refractivity contribution < 1.29 is 14.7 Å². The van der Waals surface area contributed by atoms with Gasteiger partial charge in [-0.3, -0.25) is 4.79 Å². The van der Waals surface area contributed by atoms with Crippen molar-refractivity contribution in [2.75, 3.05) is 0 Å². The first kappa shape index (κ1) is 6.67. The molecule has 0 rings (SSSR count). The molecule has 0 aliphatic rings. The molecular formula is C3H4AlO3. The van der Waals surface area contributed by atoms with Gasteiger partial charge < -0.3 is 9.90 Å². The summed E-state index contributed by atoms with van der Waals surface area (Å²) in [4.78, 5) is 19.5. The van der Waals surface area contributed by atoms with E-state index in [2.05, 4.69) is 0 Å². The Kier molecular flexibility index (Phi) is 2.65. The van der Waals surface area contributed by atoms with Crippen molar-refractivity contribution in [3.05, 3.63) is 0 Å². The lowest BCUT2D eigenvalue weighted by Crippen LogP contribution is -2.04. The third-order valence-electron chi connectivity index (χ3n) is 0.348. The zero-order chi connectivity index (χ0) is 5.86. The molecule has 0 aliphatic heterocycles. The summed E-state index contributed by atoms with van der Waals surface area (Å²) in [5.74, 6) is -1.06. The minimum Gasteiger partial charge on any atom is -0.481 e. The summed E-state index contributed by atoms with van der Waals surface area (Å²) in [5.41, 5.74) is 0. The number of carbonyl (C=O) groups is 2. The van der Waals surface area contributed by atoms with Gasteiger partial charge in [-0.25, -0.2) is 0 Å². The molecule has 0 saturated carbocycles. The molecule has 0 amide bonds. The molecule has 0 aromatic rings. The summed E-state index contributed by atoms with van der Waals surface area (Å²) in [7, 11) is 0. The Hall–Kier alpha value is -0.328. The van der Waals surface area contributed by atoms with Gasteiger partial charge >= 0.3 is 5.97 Å². The number of aliphatic carboxylic acids is 1. The van der Waals surface area contributed by atoms with Crippen LogP contribution in [0.5, 0.6) is 0 Å². The van der Waals surface area contributed by atoms with Gasteiger partial charge in [-0.15, -0.1) is 0 Å². The van der Waals surface area contributed by atoms with Gasteiger partial charge in [-0.1, -0.05) is 0 Å². The first-order valence-corrected chi connectivity index (χ1v) is 2.40. The number of carbonyl (C=O) groups excluding carboxylic acids is 1. The molecule has 1 N–H and O–H groups in total. The number of hydrogen-bond acceptors (Lipinski definition) is 2. The van der Waals surface area contributed by atoms with E-state index < -0.39 is 5.97 Å². The maximum absolute atomic E-state index is 9.89. The zero-order valence-electron chi connectivity index (χ0n) is 3.68. The molecule has 0 aliphatic carbocycles. The van der Waals surface area contributed by atoms with Gasteiger partial charge in [0.05, 0.1) is 6.42 Å². The van der Waals surface area contributed by atoms with Gasteiger partial charge in [0, 0.05) is 4.65 Å². The molecule has 0 fully saturated rings. The smallest absolute Gasteiger partial charge is 0.309 e. The Morgan fingerprint density at radius 2 is 2.00 bits per heavy atom. The minimum absolute atomic E-state index is 0.285. The highest BCUT2D eigenvalue weighted by molar-refractivity contribution is 6.59. The fraction of sp³-hybridized carbons (Fsp3) is 0.333. The lowest BCUT2D eigenvalue weighted by atomic mass is 10.5. The summed E-state index contributed by atoms with van der Waals surface area (Å²) in [6.07, 6.45) is -0.349. The van der Waals surface area contributed by atoms with Crippen LogP contribution in [0.2, 0.25) is 0 Å².